The molecule has 3 aromatic rings. The van der Waals surface area contributed by atoms with Crippen molar-refractivity contribution in [2.24, 2.45) is 23.2 Å². The summed E-state index contributed by atoms with van der Waals surface area (Å²) in [5.41, 5.74) is 6.85. The third-order valence-corrected chi connectivity index (χ3v) is 9.48. The number of hydrogen-bond acceptors (Lipinski definition) is 3. The molecule has 4 aliphatic carbocycles. The van der Waals surface area contributed by atoms with E-state index in [1.165, 1.54) is 36.0 Å². The van der Waals surface area contributed by atoms with Crippen molar-refractivity contribution in [1.82, 2.24) is 4.98 Å². The van der Waals surface area contributed by atoms with Crippen LogP contribution in [0.5, 0.6) is 0 Å². The second kappa shape index (κ2) is 7.80. The molecule has 0 radical (unpaired) electrons. The minimum absolute atomic E-state index is 0.162. The molecule has 1 heterocycles. The fourth-order valence-corrected chi connectivity index (χ4v) is 7.97. The van der Waals surface area contributed by atoms with Gasteiger partial charge < -0.3 is 5.32 Å². The highest BCUT2D eigenvalue weighted by Gasteiger charge is 2.54. The molecular weight excluding hydrogens is 424 g/mol. The Morgan fingerprint density at radius 2 is 1.48 bits per heavy atom. The fraction of sp³-hybridized carbons (Fsp3) is 0.448. The first-order chi connectivity index (χ1) is 15.9. The SMILES string of the molecule is Cc1ccc(-c2sc(NC(=O)C34CC5CC(CC(C5)C3)C4)nc2-c2ccc(C)c(C)c2)cc1. The average molecular weight is 457 g/mol. The van der Waals surface area contributed by atoms with Crippen LogP contribution in [-0.2, 0) is 4.79 Å². The number of carbonyl (C=O) groups excluding carboxylic acids is 1. The Hall–Kier alpha value is -2.46. The first kappa shape index (κ1) is 21.1. The molecular formula is C29H32N2OS. The summed E-state index contributed by atoms with van der Waals surface area (Å²) >= 11 is 1.61. The summed E-state index contributed by atoms with van der Waals surface area (Å²) in [6, 6.07) is 15.2. The van der Waals surface area contributed by atoms with Gasteiger partial charge in [0.15, 0.2) is 5.13 Å². The van der Waals surface area contributed by atoms with Gasteiger partial charge in [0.05, 0.1) is 16.0 Å². The molecule has 33 heavy (non-hydrogen) atoms. The van der Waals surface area contributed by atoms with Crippen LogP contribution in [0.2, 0.25) is 0 Å². The van der Waals surface area contributed by atoms with Gasteiger partial charge in [0, 0.05) is 5.56 Å². The molecule has 3 nitrogen and oxygen atoms in total. The molecule has 0 spiro atoms. The zero-order valence-electron chi connectivity index (χ0n) is 19.8. The van der Waals surface area contributed by atoms with Gasteiger partial charge in [-0.3, -0.25) is 4.79 Å². The van der Waals surface area contributed by atoms with Crippen LogP contribution in [0.4, 0.5) is 5.13 Å². The molecule has 1 N–H and O–H groups in total. The minimum atomic E-state index is -0.162. The third kappa shape index (κ3) is 3.73. The Bertz CT molecular complexity index is 1190. The van der Waals surface area contributed by atoms with Crippen molar-refractivity contribution >= 4 is 22.4 Å². The highest BCUT2D eigenvalue weighted by atomic mass is 32.1. The van der Waals surface area contributed by atoms with Crippen molar-refractivity contribution in [3.05, 3.63) is 59.2 Å². The summed E-state index contributed by atoms with van der Waals surface area (Å²) in [5.74, 6) is 2.49. The second-order valence-corrected chi connectivity index (χ2v) is 12.0. The number of nitrogens with one attached hydrogen (secondary N) is 1. The van der Waals surface area contributed by atoms with Crippen molar-refractivity contribution in [2.45, 2.75) is 59.3 Å². The highest BCUT2D eigenvalue weighted by Crippen LogP contribution is 2.60. The fourth-order valence-electron chi connectivity index (χ4n) is 6.98. The molecule has 1 aromatic heterocycles. The smallest absolute Gasteiger partial charge is 0.232 e. The predicted molar refractivity (Wildman–Crippen MR) is 136 cm³/mol. The van der Waals surface area contributed by atoms with E-state index in [1.54, 1.807) is 11.3 Å². The van der Waals surface area contributed by atoms with E-state index in [9.17, 15) is 4.79 Å². The molecule has 0 unspecified atom stereocenters. The number of thiazole rings is 1. The number of amides is 1. The average Bonchev–Trinajstić information content (AvgIpc) is 3.19. The maximum atomic E-state index is 13.7. The Morgan fingerprint density at radius 1 is 0.879 bits per heavy atom. The van der Waals surface area contributed by atoms with E-state index in [0.717, 1.165) is 63.8 Å². The van der Waals surface area contributed by atoms with Gasteiger partial charge in [0.1, 0.15) is 0 Å². The zero-order valence-corrected chi connectivity index (χ0v) is 20.6. The Morgan fingerprint density at radius 3 is 2.09 bits per heavy atom. The third-order valence-electron chi connectivity index (χ3n) is 8.46. The largest absolute Gasteiger partial charge is 0.301 e. The number of hydrogen-bond donors (Lipinski definition) is 1. The van der Waals surface area contributed by atoms with Gasteiger partial charge in [-0.25, -0.2) is 4.98 Å². The van der Waals surface area contributed by atoms with Crippen molar-refractivity contribution in [3.63, 3.8) is 0 Å². The van der Waals surface area contributed by atoms with Crippen LogP contribution < -0.4 is 5.32 Å². The quantitative estimate of drug-likeness (QED) is 0.440. The summed E-state index contributed by atoms with van der Waals surface area (Å²) in [7, 11) is 0. The first-order valence-electron chi connectivity index (χ1n) is 12.4. The number of nitrogens with zero attached hydrogens (tertiary/aromatic N) is 1. The standard InChI is InChI=1S/C29H32N2OS/c1-17-4-7-23(8-5-17)26-25(24-9-6-18(2)19(3)10-24)30-28(33-26)31-27(32)29-14-20-11-21(15-29)13-22(12-20)16-29/h4-10,20-22H,11-16H2,1-3H3,(H,30,31,32). The van der Waals surface area contributed by atoms with Crippen LogP contribution in [0.1, 0.15) is 55.2 Å². The number of aromatic nitrogens is 1. The number of benzene rings is 2. The molecule has 170 valence electrons. The van der Waals surface area contributed by atoms with Gasteiger partial charge in [-0.15, -0.1) is 0 Å². The van der Waals surface area contributed by atoms with Crippen LogP contribution in [-0.4, -0.2) is 10.9 Å². The molecule has 4 saturated carbocycles. The van der Waals surface area contributed by atoms with Crippen molar-refractivity contribution in [2.75, 3.05) is 5.32 Å². The van der Waals surface area contributed by atoms with E-state index >= 15 is 0 Å². The van der Waals surface area contributed by atoms with E-state index in [2.05, 4.69) is 68.6 Å². The van der Waals surface area contributed by atoms with Gasteiger partial charge in [-0.1, -0.05) is 53.3 Å². The topological polar surface area (TPSA) is 42.0 Å². The summed E-state index contributed by atoms with van der Waals surface area (Å²) in [6.45, 7) is 6.39. The zero-order chi connectivity index (χ0) is 22.7. The van der Waals surface area contributed by atoms with Gasteiger partial charge in [-0.2, -0.15) is 0 Å². The summed E-state index contributed by atoms with van der Waals surface area (Å²) in [6.07, 6.45) is 7.26. The van der Waals surface area contributed by atoms with Crippen molar-refractivity contribution in [1.29, 1.82) is 0 Å². The Labute approximate surface area is 200 Å². The van der Waals surface area contributed by atoms with Crippen molar-refractivity contribution < 1.29 is 4.79 Å². The van der Waals surface area contributed by atoms with E-state index in [0.29, 0.717) is 0 Å². The summed E-state index contributed by atoms with van der Waals surface area (Å²) < 4.78 is 0. The molecule has 2 aromatic carbocycles. The molecule has 4 aliphatic rings. The summed E-state index contributed by atoms with van der Waals surface area (Å²) in [4.78, 5) is 19.8. The molecule has 1 amide bonds. The maximum Gasteiger partial charge on any atom is 0.232 e. The van der Waals surface area contributed by atoms with Gasteiger partial charge >= 0.3 is 0 Å². The summed E-state index contributed by atoms with van der Waals surface area (Å²) in [5, 5.41) is 4.04. The Kier molecular flexibility index (Phi) is 4.99. The van der Waals surface area contributed by atoms with Crippen LogP contribution in [0, 0.1) is 43.9 Å². The number of anilines is 1. The van der Waals surface area contributed by atoms with E-state index in [-0.39, 0.29) is 11.3 Å². The lowest BCUT2D eigenvalue weighted by molar-refractivity contribution is -0.140. The molecule has 4 fully saturated rings. The van der Waals surface area contributed by atoms with Crippen LogP contribution in [0.25, 0.3) is 21.7 Å². The number of rotatable bonds is 4. The van der Waals surface area contributed by atoms with Gasteiger partial charge in [0.25, 0.3) is 0 Å². The molecule has 0 atom stereocenters. The Balaban J connectivity index is 1.36. The van der Waals surface area contributed by atoms with Crippen molar-refractivity contribution in [3.8, 4) is 21.7 Å². The maximum absolute atomic E-state index is 13.7. The lowest BCUT2D eigenvalue weighted by Gasteiger charge is -2.55. The van der Waals surface area contributed by atoms with Crippen LogP contribution in [0.3, 0.4) is 0 Å². The van der Waals surface area contributed by atoms with Gasteiger partial charge in [0.2, 0.25) is 5.91 Å². The van der Waals surface area contributed by atoms with E-state index in [4.69, 9.17) is 4.98 Å². The first-order valence-corrected chi connectivity index (χ1v) is 13.2. The highest BCUT2D eigenvalue weighted by molar-refractivity contribution is 7.19. The van der Waals surface area contributed by atoms with E-state index in [1.807, 2.05) is 0 Å². The van der Waals surface area contributed by atoms with E-state index < -0.39 is 0 Å². The monoisotopic (exact) mass is 456 g/mol. The lowest BCUT2D eigenvalue weighted by Crippen LogP contribution is -2.51. The van der Waals surface area contributed by atoms with Gasteiger partial charge in [-0.05, 0) is 99.8 Å². The van der Waals surface area contributed by atoms with Crippen LogP contribution >= 0.6 is 11.3 Å². The number of carbonyl (C=O) groups is 1. The predicted octanol–water partition coefficient (Wildman–Crippen LogP) is 7.56. The second-order valence-electron chi connectivity index (χ2n) is 11.0. The molecule has 4 bridgehead atoms. The molecule has 7 rings (SSSR count). The normalized spacial score (nSPS) is 27.7. The van der Waals surface area contributed by atoms with Crippen LogP contribution in [0.15, 0.2) is 42.5 Å². The molecule has 0 saturated heterocycles. The number of aryl methyl sites for hydroxylation is 3. The molecule has 0 aliphatic heterocycles. The molecule has 4 heteroatoms. The minimum Gasteiger partial charge on any atom is -0.301 e. The lowest BCUT2D eigenvalue weighted by atomic mass is 9.49.